The van der Waals surface area contributed by atoms with Gasteiger partial charge in [-0.1, -0.05) is 13.8 Å². The van der Waals surface area contributed by atoms with Crippen molar-refractivity contribution in [3.63, 3.8) is 0 Å². The predicted octanol–water partition coefficient (Wildman–Crippen LogP) is 1.24. The van der Waals surface area contributed by atoms with Crippen LogP contribution in [0.2, 0.25) is 0 Å². The number of nitrogens with one attached hydrogen (secondary N) is 2. The second-order valence-corrected chi connectivity index (χ2v) is 5.90. The lowest BCUT2D eigenvalue weighted by Gasteiger charge is -2.30. The molecule has 2 unspecified atom stereocenters. The smallest absolute Gasteiger partial charge is 0.239 e. The fraction of sp³-hybridized carbons (Fsp3) is 0.667. The Morgan fingerprint density at radius 2 is 2.38 bits per heavy atom. The fourth-order valence-electron chi connectivity index (χ4n) is 2.64. The summed E-state index contributed by atoms with van der Waals surface area (Å²) in [6, 6.07) is 2.15. The van der Waals surface area contributed by atoms with Gasteiger partial charge in [0.2, 0.25) is 5.91 Å². The third-order valence-corrected chi connectivity index (χ3v) is 4.59. The van der Waals surface area contributed by atoms with Gasteiger partial charge >= 0.3 is 0 Å². The van der Waals surface area contributed by atoms with Crippen molar-refractivity contribution < 1.29 is 9.53 Å². The van der Waals surface area contributed by atoms with Crippen LogP contribution in [0.15, 0.2) is 16.8 Å². The maximum absolute atomic E-state index is 12.2. The lowest BCUT2D eigenvalue weighted by atomic mass is 10.1. The first kappa shape index (κ1) is 16.4. The molecule has 1 aliphatic rings. The molecule has 2 atom stereocenters. The van der Waals surface area contributed by atoms with Crippen LogP contribution in [0.3, 0.4) is 0 Å². The minimum atomic E-state index is -0.224. The van der Waals surface area contributed by atoms with E-state index in [1.165, 1.54) is 5.56 Å². The number of carbonyl (C=O) groups excluding carboxylic acids is 1. The zero-order chi connectivity index (χ0) is 15.1. The van der Waals surface area contributed by atoms with Crippen molar-refractivity contribution in [2.75, 3.05) is 39.4 Å². The SMILES string of the molecule is CCN(CC)C(CNC(=O)C1COCCN1)c1ccsc1. The maximum Gasteiger partial charge on any atom is 0.239 e. The third kappa shape index (κ3) is 4.51. The first-order chi connectivity index (χ1) is 10.3. The number of ether oxygens (including phenoxy) is 1. The summed E-state index contributed by atoms with van der Waals surface area (Å²) in [6.45, 7) is 8.76. The molecule has 1 fully saturated rings. The molecular formula is C15H25N3O2S. The topological polar surface area (TPSA) is 53.6 Å². The number of hydrogen-bond donors (Lipinski definition) is 2. The molecule has 0 aromatic carbocycles. The van der Waals surface area contributed by atoms with E-state index in [2.05, 4.69) is 46.2 Å². The number of rotatable bonds is 7. The molecule has 5 nitrogen and oxygen atoms in total. The van der Waals surface area contributed by atoms with Gasteiger partial charge in [0.25, 0.3) is 0 Å². The molecule has 0 spiro atoms. The van der Waals surface area contributed by atoms with Crippen molar-refractivity contribution in [2.24, 2.45) is 0 Å². The molecule has 1 aromatic heterocycles. The molecule has 1 aliphatic heterocycles. The van der Waals surface area contributed by atoms with Gasteiger partial charge in [0.15, 0.2) is 0 Å². The minimum absolute atomic E-state index is 0.0297. The van der Waals surface area contributed by atoms with Gasteiger partial charge in [0.1, 0.15) is 6.04 Å². The average Bonchev–Trinajstić information content (AvgIpc) is 3.06. The van der Waals surface area contributed by atoms with E-state index in [9.17, 15) is 4.79 Å². The minimum Gasteiger partial charge on any atom is -0.378 e. The molecule has 1 saturated heterocycles. The summed E-state index contributed by atoms with van der Waals surface area (Å²) in [5.74, 6) is 0.0297. The van der Waals surface area contributed by atoms with Gasteiger partial charge in [0.05, 0.1) is 19.3 Å². The summed E-state index contributed by atoms with van der Waals surface area (Å²) in [4.78, 5) is 14.6. The molecule has 0 saturated carbocycles. The average molecular weight is 311 g/mol. The van der Waals surface area contributed by atoms with Crippen LogP contribution in [0.4, 0.5) is 0 Å². The van der Waals surface area contributed by atoms with Crippen LogP contribution < -0.4 is 10.6 Å². The Morgan fingerprint density at radius 1 is 1.57 bits per heavy atom. The highest BCUT2D eigenvalue weighted by molar-refractivity contribution is 7.07. The molecular weight excluding hydrogens is 286 g/mol. The highest BCUT2D eigenvalue weighted by atomic mass is 32.1. The molecule has 0 aliphatic carbocycles. The zero-order valence-corrected chi connectivity index (χ0v) is 13.6. The normalized spacial score (nSPS) is 20.4. The van der Waals surface area contributed by atoms with Gasteiger partial charge < -0.3 is 15.4 Å². The molecule has 1 amide bonds. The van der Waals surface area contributed by atoms with Crippen molar-refractivity contribution in [1.82, 2.24) is 15.5 Å². The summed E-state index contributed by atoms with van der Waals surface area (Å²) >= 11 is 1.70. The van der Waals surface area contributed by atoms with E-state index in [4.69, 9.17) is 4.74 Å². The molecule has 6 heteroatoms. The van der Waals surface area contributed by atoms with Gasteiger partial charge in [-0.25, -0.2) is 0 Å². The number of morpholine rings is 1. The third-order valence-electron chi connectivity index (χ3n) is 3.89. The van der Waals surface area contributed by atoms with Crippen molar-refractivity contribution >= 4 is 17.2 Å². The van der Waals surface area contributed by atoms with Gasteiger partial charge in [-0.2, -0.15) is 11.3 Å². The predicted molar refractivity (Wildman–Crippen MR) is 85.6 cm³/mol. The molecule has 2 N–H and O–H groups in total. The number of thiophene rings is 1. The first-order valence-corrected chi connectivity index (χ1v) is 8.55. The van der Waals surface area contributed by atoms with Gasteiger partial charge in [-0.05, 0) is 35.5 Å². The number of hydrogen-bond acceptors (Lipinski definition) is 5. The molecule has 118 valence electrons. The largest absolute Gasteiger partial charge is 0.378 e. The van der Waals surface area contributed by atoms with Crippen LogP contribution in [-0.2, 0) is 9.53 Å². The summed E-state index contributed by atoms with van der Waals surface area (Å²) in [5, 5.41) is 10.5. The van der Waals surface area contributed by atoms with Crippen LogP contribution in [0.5, 0.6) is 0 Å². The Bertz CT molecular complexity index is 415. The van der Waals surface area contributed by atoms with E-state index >= 15 is 0 Å². The monoisotopic (exact) mass is 311 g/mol. The highest BCUT2D eigenvalue weighted by Gasteiger charge is 2.24. The molecule has 2 heterocycles. The standard InChI is InChI=1S/C15H25N3O2S/c1-3-18(4-2)14(12-5-8-21-11-12)9-17-15(19)13-10-20-7-6-16-13/h5,8,11,13-14,16H,3-4,6-7,9-10H2,1-2H3,(H,17,19). The summed E-state index contributed by atoms with van der Waals surface area (Å²) in [6.07, 6.45) is 0. The van der Waals surface area contributed by atoms with E-state index < -0.39 is 0 Å². The Morgan fingerprint density at radius 3 is 2.95 bits per heavy atom. The van der Waals surface area contributed by atoms with E-state index in [1.807, 2.05) is 0 Å². The van der Waals surface area contributed by atoms with Crippen LogP contribution in [0.1, 0.15) is 25.5 Å². The summed E-state index contributed by atoms with van der Waals surface area (Å²) < 4.78 is 5.34. The quantitative estimate of drug-likeness (QED) is 0.795. The van der Waals surface area contributed by atoms with Crippen molar-refractivity contribution in [2.45, 2.75) is 25.9 Å². The van der Waals surface area contributed by atoms with Crippen LogP contribution in [0, 0.1) is 0 Å². The Hall–Kier alpha value is -0.950. The fourth-order valence-corrected chi connectivity index (χ4v) is 3.35. The van der Waals surface area contributed by atoms with Crippen LogP contribution in [0.25, 0.3) is 0 Å². The van der Waals surface area contributed by atoms with E-state index in [-0.39, 0.29) is 18.0 Å². The van der Waals surface area contributed by atoms with Crippen molar-refractivity contribution in [3.05, 3.63) is 22.4 Å². The summed E-state index contributed by atoms with van der Waals surface area (Å²) in [7, 11) is 0. The number of amides is 1. The van der Waals surface area contributed by atoms with E-state index in [0.29, 0.717) is 19.8 Å². The van der Waals surface area contributed by atoms with Crippen molar-refractivity contribution in [3.8, 4) is 0 Å². The first-order valence-electron chi connectivity index (χ1n) is 7.61. The van der Waals surface area contributed by atoms with E-state index in [1.54, 1.807) is 11.3 Å². The second-order valence-electron chi connectivity index (χ2n) is 5.12. The maximum atomic E-state index is 12.2. The van der Waals surface area contributed by atoms with Crippen LogP contribution >= 0.6 is 11.3 Å². The Labute approximate surface area is 130 Å². The molecule has 0 radical (unpaired) electrons. The van der Waals surface area contributed by atoms with Crippen molar-refractivity contribution in [1.29, 1.82) is 0 Å². The van der Waals surface area contributed by atoms with Crippen LogP contribution in [-0.4, -0.2) is 56.2 Å². The molecule has 21 heavy (non-hydrogen) atoms. The van der Waals surface area contributed by atoms with Gasteiger partial charge in [-0.3, -0.25) is 9.69 Å². The molecule has 0 bridgehead atoms. The van der Waals surface area contributed by atoms with E-state index in [0.717, 1.165) is 19.6 Å². The number of nitrogens with zero attached hydrogens (tertiary/aromatic N) is 1. The summed E-state index contributed by atoms with van der Waals surface area (Å²) in [5.41, 5.74) is 1.27. The zero-order valence-electron chi connectivity index (χ0n) is 12.8. The number of carbonyl (C=O) groups is 1. The number of likely N-dealkylation sites (N-methyl/N-ethyl adjacent to an activating group) is 1. The van der Waals surface area contributed by atoms with Gasteiger partial charge in [-0.15, -0.1) is 0 Å². The molecule has 1 aromatic rings. The van der Waals surface area contributed by atoms with Gasteiger partial charge in [0, 0.05) is 13.1 Å². The highest BCUT2D eigenvalue weighted by Crippen LogP contribution is 2.22. The Kier molecular flexibility index (Phi) is 6.63. The Balaban J connectivity index is 1.93. The molecule has 2 rings (SSSR count). The lowest BCUT2D eigenvalue weighted by molar-refractivity contribution is -0.126. The second kappa shape index (κ2) is 8.48. The lowest BCUT2D eigenvalue weighted by Crippen LogP contribution is -2.52.